The molecule has 1 aliphatic heterocycles. The molecule has 11 nitrogen and oxygen atoms in total. The molecule has 1 aromatic heterocycles. The summed E-state index contributed by atoms with van der Waals surface area (Å²) in [6.07, 6.45) is 3.19. The normalized spacial score (nSPS) is 17.1. The van der Waals surface area contributed by atoms with Crippen LogP contribution in [-0.4, -0.2) is 42.0 Å². The van der Waals surface area contributed by atoms with Crippen LogP contribution in [0.2, 0.25) is 0 Å². The van der Waals surface area contributed by atoms with Crippen LogP contribution in [0.3, 0.4) is 0 Å². The molecule has 0 radical (unpaired) electrons. The second-order valence-electron chi connectivity index (χ2n) is 8.31. The molecule has 12 heteroatoms. The van der Waals surface area contributed by atoms with Crippen molar-refractivity contribution in [2.45, 2.75) is 17.4 Å². The van der Waals surface area contributed by atoms with Gasteiger partial charge in [-0.1, -0.05) is 36.4 Å². The zero-order valence-corrected chi connectivity index (χ0v) is 19.6. The molecule has 2 aromatic carbocycles. The maximum absolute atomic E-state index is 13.3. The van der Waals surface area contributed by atoms with Crippen LogP contribution in [0.4, 0.5) is 10.5 Å². The van der Waals surface area contributed by atoms with Gasteiger partial charge in [-0.05, 0) is 23.8 Å². The first-order chi connectivity index (χ1) is 17.2. The van der Waals surface area contributed by atoms with Crippen molar-refractivity contribution in [1.29, 1.82) is 5.41 Å². The predicted octanol–water partition coefficient (Wildman–Crippen LogP) is 2.45. The first-order valence-corrected chi connectivity index (χ1v) is 12.4. The van der Waals surface area contributed by atoms with Crippen LogP contribution in [0.25, 0.3) is 22.4 Å². The minimum absolute atomic E-state index is 0.00283. The number of nitrogen functional groups attached to an aromatic ring is 1. The van der Waals surface area contributed by atoms with Gasteiger partial charge in [0.25, 0.3) is 0 Å². The topological polar surface area (TPSA) is 185 Å². The third-order valence-electron chi connectivity index (χ3n) is 5.98. The van der Waals surface area contributed by atoms with E-state index in [1.165, 1.54) is 12.3 Å². The van der Waals surface area contributed by atoms with Gasteiger partial charge in [-0.15, -0.1) is 5.06 Å². The Morgan fingerprint density at radius 2 is 1.97 bits per heavy atom. The molecule has 2 heterocycles. The van der Waals surface area contributed by atoms with Crippen molar-refractivity contribution in [1.82, 2.24) is 10.0 Å². The highest BCUT2D eigenvalue weighted by molar-refractivity contribution is 7.89. The number of pyridine rings is 1. The molecular weight excluding hydrogens is 484 g/mol. The third kappa shape index (κ3) is 4.06. The maximum atomic E-state index is 13.3. The van der Waals surface area contributed by atoms with Gasteiger partial charge < -0.3 is 21.0 Å². The zero-order chi connectivity index (χ0) is 25.6. The molecule has 1 aliphatic carbocycles. The van der Waals surface area contributed by atoms with Crippen LogP contribution >= 0.6 is 0 Å². The average Bonchev–Trinajstić information content (AvgIpc) is 3.35. The van der Waals surface area contributed by atoms with Crippen molar-refractivity contribution in [3.8, 4) is 22.4 Å². The second-order valence-corrected chi connectivity index (χ2v) is 9.81. The number of fused-ring (bicyclic) bond motifs is 5. The average molecular weight is 507 g/mol. The number of aliphatic hydroxyl groups excluding tert-OH is 1. The number of benzene rings is 2. The summed E-state index contributed by atoms with van der Waals surface area (Å²) in [5.41, 5.74) is 8.96. The molecule has 0 saturated carbocycles. The van der Waals surface area contributed by atoms with Crippen LogP contribution in [-0.2, 0) is 14.9 Å². The van der Waals surface area contributed by atoms with Crippen molar-refractivity contribution in [3.05, 3.63) is 77.7 Å². The number of aromatic nitrogens is 1. The molecule has 0 spiro atoms. The number of amidine groups is 1. The van der Waals surface area contributed by atoms with E-state index in [0.717, 1.165) is 5.06 Å². The molecular formula is C24H22N6O5S. The van der Waals surface area contributed by atoms with Gasteiger partial charge in [-0.25, -0.2) is 18.4 Å². The highest BCUT2D eigenvalue weighted by atomic mass is 32.2. The number of hydrogen-bond acceptors (Lipinski definition) is 7. The number of carbonyl (C=O) groups is 1. The van der Waals surface area contributed by atoms with Crippen LogP contribution < -0.4 is 16.2 Å². The first-order valence-electron chi connectivity index (χ1n) is 10.9. The highest BCUT2D eigenvalue weighted by Gasteiger charge is 2.36. The van der Waals surface area contributed by atoms with E-state index in [-0.39, 0.29) is 17.3 Å². The Labute approximate surface area is 206 Å². The Bertz CT molecular complexity index is 1550. The lowest BCUT2D eigenvalue weighted by atomic mass is 10.0. The number of nitrogens with one attached hydrogen (secondary N) is 2. The van der Waals surface area contributed by atoms with E-state index in [2.05, 4.69) is 10.3 Å². The maximum Gasteiger partial charge on any atom is 0.355 e. The van der Waals surface area contributed by atoms with Crippen molar-refractivity contribution >= 4 is 27.6 Å². The molecule has 184 valence electrons. The van der Waals surface area contributed by atoms with Crippen LogP contribution in [0, 0.1) is 5.41 Å². The Kier molecular flexibility index (Phi) is 5.71. The second kappa shape index (κ2) is 8.75. The van der Waals surface area contributed by atoms with E-state index in [4.69, 9.17) is 21.1 Å². The van der Waals surface area contributed by atoms with Crippen LogP contribution in [0.15, 0.2) is 71.5 Å². The number of hydrogen-bond donors (Lipinski definition) is 5. The largest absolute Gasteiger partial charge is 0.392 e. The number of primary sulfonamides is 1. The molecule has 1 saturated heterocycles. The number of hydroxylamine groups is 2. The Morgan fingerprint density at radius 3 is 2.69 bits per heavy atom. The van der Waals surface area contributed by atoms with Gasteiger partial charge in [0.1, 0.15) is 17.6 Å². The van der Waals surface area contributed by atoms with E-state index < -0.39 is 22.1 Å². The fraction of sp³-hybridized carbons (Fsp3) is 0.125. The minimum atomic E-state index is -3.98. The molecule has 7 N–H and O–H groups in total. The molecule has 1 fully saturated rings. The molecule has 2 aliphatic rings. The lowest BCUT2D eigenvalue weighted by Gasteiger charge is -2.23. The Hall–Kier alpha value is -4.26. The summed E-state index contributed by atoms with van der Waals surface area (Å²) in [5, 5.41) is 26.3. The van der Waals surface area contributed by atoms with Gasteiger partial charge in [0.05, 0.1) is 29.1 Å². The summed E-state index contributed by atoms with van der Waals surface area (Å²) in [5.74, 6) is 0.302. The standard InChI is InChI=1S/C24H22N6O5S/c25-23(26)14-4-1-3-13(9-14)20-11-16(7-8-31)35-30(20)24(32)29-15-10-19-17-5-2-6-18(21(19)28-12-15)22(17)36(27,33)34/h1-7,9-10,12,20,31H,8,11H2,(H3,25,26)(H,29,32)(H2,27,33,34). The number of nitrogens with two attached hydrogens (primary N) is 2. The third-order valence-corrected chi connectivity index (χ3v) is 6.99. The van der Waals surface area contributed by atoms with E-state index in [9.17, 15) is 18.3 Å². The van der Waals surface area contributed by atoms with Crippen molar-refractivity contribution in [2.24, 2.45) is 10.9 Å². The van der Waals surface area contributed by atoms with E-state index >= 15 is 0 Å². The molecule has 3 aromatic rings. The van der Waals surface area contributed by atoms with Gasteiger partial charge in [0.2, 0.25) is 10.0 Å². The SMILES string of the molecule is N=C(N)c1cccc(C2CC(=CCO)ON2C(=O)Nc2cnc3c(c2)-c2cccc-3c2S(N)(=O)=O)c1. The van der Waals surface area contributed by atoms with Crippen molar-refractivity contribution < 1.29 is 23.2 Å². The Morgan fingerprint density at radius 1 is 1.22 bits per heavy atom. The summed E-state index contributed by atoms with van der Waals surface area (Å²) in [6.45, 7) is -0.259. The number of urea groups is 1. The number of carbonyl (C=O) groups excluding carboxylic acids is 1. The van der Waals surface area contributed by atoms with Gasteiger partial charge in [-0.2, -0.15) is 0 Å². The Balaban J connectivity index is 1.45. The molecule has 2 amide bonds. The van der Waals surface area contributed by atoms with E-state index in [0.29, 0.717) is 51.4 Å². The molecule has 1 unspecified atom stereocenters. The summed E-state index contributed by atoms with van der Waals surface area (Å²) in [6, 6.07) is 12.4. The van der Waals surface area contributed by atoms with Gasteiger partial charge in [-0.3, -0.25) is 10.4 Å². The lowest BCUT2D eigenvalue weighted by molar-refractivity contribution is -0.0553. The fourth-order valence-corrected chi connectivity index (χ4v) is 5.40. The fourth-order valence-electron chi connectivity index (χ4n) is 4.45. The highest BCUT2D eigenvalue weighted by Crippen LogP contribution is 2.46. The lowest BCUT2D eigenvalue weighted by Crippen LogP contribution is -2.33. The molecule has 1 atom stereocenters. The van der Waals surface area contributed by atoms with Crippen molar-refractivity contribution in [3.63, 3.8) is 0 Å². The monoisotopic (exact) mass is 506 g/mol. The summed E-state index contributed by atoms with van der Waals surface area (Å²) < 4.78 is 24.3. The van der Waals surface area contributed by atoms with Gasteiger partial charge >= 0.3 is 6.03 Å². The van der Waals surface area contributed by atoms with Crippen molar-refractivity contribution in [2.75, 3.05) is 11.9 Å². The zero-order valence-electron chi connectivity index (χ0n) is 18.8. The summed E-state index contributed by atoms with van der Waals surface area (Å²) >= 11 is 0. The molecule has 5 rings (SSSR count). The van der Waals surface area contributed by atoms with E-state index in [1.807, 2.05) is 0 Å². The molecule has 36 heavy (non-hydrogen) atoms. The number of nitrogens with zero attached hydrogens (tertiary/aromatic N) is 2. The van der Waals surface area contributed by atoms with Gasteiger partial charge in [0.15, 0.2) is 0 Å². The summed E-state index contributed by atoms with van der Waals surface area (Å²) in [4.78, 5) is 23.4. The number of aliphatic hydroxyl groups is 1. The number of anilines is 1. The van der Waals surface area contributed by atoms with Gasteiger partial charge in [0, 0.05) is 28.7 Å². The van der Waals surface area contributed by atoms with Crippen LogP contribution in [0.1, 0.15) is 23.6 Å². The smallest absolute Gasteiger partial charge is 0.355 e. The number of amides is 2. The summed E-state index contributed by atoms with van der Waals surface area (Å²) in [7, 11) is -3.98. The number of sulfonamides is 1. The van der Waals surface area contributed by atoms with Crippen LogP contribution in [0.5, 0.6) is 0 Å². The minimum Gasteiger partial charge on any atom is -0.392 e. The quantitative estimate of drug-likeness (QED) is 0.203. The predicted molar refractivity (Wildman–Crippen MR) is 132 cm³/mol. The first kappa shape index (κ1) is 23.5. The molecule has 2 bridgehead atoms. The number of rotatable bonds is 5. The van der Waals surface area contributed by atoms with E-state index in [1.54, 1.807) is 48.5 Å².